The first-order chi connectivity index (χ1) is 35.5. The van der Waals surface area contributed by atoms with Crippen LogP contribution in [-0.4, -0.2) is 47.4 Å². The third-order valence-electron chi connectivity index (χ3n) is 15.9. The summed E-state index contributed by atoms with van der Waals surface area (Å²) in [5.41, 5.74) is 0. The first-order valence-electron chi connectivity index (χ1n) is 33.3. The molecule has 0 radical (unpaired) electrons. The SMILES string of the molecule is CCCCCCCCCCCCCCCCCCCC(=O)OCCCCCCCCCCCCCCCCCCCCCCCCCCCCCCCC(=O)NC(CO)C(O)CCCCCCCCCCC. The fraction of sp³-hybridized carbons (Fsp3) is 0.970. The van der Waals surface area contributed by atoms with Crippen molar-refractivity contribution in [1.29, 1.82) is 0 Å². The van der Waals surface area contributed by atoms with Gasteiger partial charge in [-0.15, -0.1) is 0 Å². The lowest BCUT2D eigenvalue weighted by Crippen LogP contribution is -2.45. The number of aliphatic hydroxyl groups excluding tert-OH is 2. The van der Waals surface area contributed by atoms with Crippen molar-refractivity contribution in [3.8, 4) is 0 Å². The lowest BCUT2D eigenvalue weighted by Gasteiger charge is -2.22. The second-order valence-corrected chi connectivity index (χ2v) is 23.2. The van der Waals surface area contributed by atoms with E-state index in [9.17, 15) is 19.8 Å². The summed E-state index contributed by atoms with van der Waals surface area (Å²) in [6.45, 7) is 4.97. The fourth-order valence-corrected chi connectivity index (χ4v) is 10.8. The van der Waals surface area contributed by atoms with E-state index < -0.39 is 12.1 Å². The molecule has 0 bridgehead atoms. The van der Waals surface area contributed by atoms with E-state index in [2.05, 4.69) is 19.2 Å². The Balaban J connectivity index is 3.28. The molecule has 0 saturated heterocycles. The standard InChI is InChI=1S/C66H131NO5/c1-3-5-7-9-11-13-14-15-16-30-34-37-40-44-48-52-56-60-66(71)72-61-57-53-49-45-41-38-35-32-29-27-25-23-21-19-17-18-20-22-24-26-28-31-33-36-39-43-47-51-55-59-65(70)67-63(62-68)64(69)58-54-50-46-42-12-10-8-6-4-2/h63-64,68-69H,3-62H2,1-2H3,(H,67,70). The number of nitrogens with one attached hydrogen (secondary N) is 1. The molecule has 430 valence electrons. The maximum atomic E-state index is 12.4. The highest BCUT2D eigenvalue weighted by atomic mass is 16.5. The van der Waals surface area contributed by atoms with Crippen molar-refractivity contribution >= 4 is 11.9 Å². The first-order valence-corrected chi connectivity index (χ1v) is 33.3. The van der Waals surface area contributed by atoms with E-state index in [0.717, 1.165) is 38.5 Å². The van der Waals surface area contributed by atoms with Crippen molar-refractivity contribution in [2.45, 2.75) is 398 Å². The Hall–Kier alpha value is -1.14. The number of aliphatic hydroxyl groups is 2. The zero-order chi connectivity index (χ0) is 52.2. The molecule has 0 aliphatic heterocycles. The third-order valence-corrected chi connectivity index (χ3v) is 15.9. The van der Waals surface area contributed by atoms with Crippen LogP contribution in [0.15, 0.2) is 0 Å². The number of ether oxygens (including phenoxy) is 1. The summed E-state index contributed by atoms with van der Waals surface area (Å²) >= 11 is 0. The third kappa shape index (κ3) is 58.1. The van der Waals surface area contributed by atoms with Gasteiger partial charge < -0.3 is 20.3 Å². The van der Waals surface area contributed by atoms with Crippen LogP contribution < -0.4 is 5.32 Å². The van der Waals surface area contributed by atoms with Crippen molar-refractivity contribution in [2.75, 3.05) is 13.2 Å². The van der Waals surface area contributed by atoms with Crippen molar-refractivity contribution in [3.63, 3.8) is 0 Å². The Morgan fingerprint density at radius 1 is 0.333 bits per heavy atom. The Morgan fingerprint density at radius 2 is 0.569 bits per heavy atom. The molecular formula is C66H131NO5. The second kappa shape index (κ2) is 62.4. The van der Waals surface area contributed by atoms with Gasteiger partial charge in [0.1, 0.15) is 0 Å². The van der Waals surface area contributed by atoms with Gasteiger partial charge in [-0.05, 0) is 25.7 Å². The highest BCUT2D eigenvalue weighted by molar-refractivity contribution is 5.76. The van der Waals surface area contributed by atoms with Gasteiger partial charge >= 0.3 is 5.97 Å². The fourth-order valence-electron chi connectivity index (χ4n) is 10.8. The van der Waals surface area contributed by atoms with Gasteiger partial charge in [0.25, 0.3) is 0 Å². The van der Waals surface area contributed by atoms with Gasteiger partial charge in [-0.1, -0.05) is 348 Å². The molecular weight excluding hydrogens is 887 g/mol. The minimum Gasteiger partial charge on any atom is -0.466 e. The quantitative estimate of drug-likeness (QED) is 0.0417. The summed E-state index contributed by atoms with van der Waals surface area (Å²) < 4.78 is 5.51. The molecule has 0 aromatic heterocycles. The molecule has 0 spiro atoms. The topological polar surface area (TPSA) is 95.9 Å². The van der Waals surface area contributed by atoms with Crippen LogP contribution in [-0.2, 0) is 14.3 Å². The van der Waals surface area contributed by atoms with Crippen LogP contribution >= 0.6 is 0 Å². The zero-order valence-corrected chi connectivity index (χ0v) is 49.2. The molecule has 6 heteroatoms. The van der Waals surface area contributed by atoms with E-state index in [0.29, 0.717) is 25.9 Å². The predicted molar refractivity (Wildman–Crippen MR) is 315 cm³/mol. The monoisotopic (exact) mass is 1020 g/mol. The van der Waals surface area contributed by atoms with E-state index >= 15 is 0 Å². The lowest BCUT2D eigenvalue weighted by atomic mass is 10.0. The Kier molecular flexibility index (Phi) is 61.4. The van der Waals surface area contributed by atoms with Gasteiger partial charge in [-0.2, -0.15) is 0 Å². The average Bonchev–Trinajstić information content (AvgIpc) is 3.38. The van der Waals surface area contributed by atoms with Gasteiger partial charge in [0, 0.05) is 12.8 Å². The van der Waals surface area contributed by atoms with Crippen molar-refractivity contribution < 1.29 is 24.5 Å². The molecule has 72 heavy (non-hydrogen) atoms. The highest BCUT2D eigenvalue weighted by Gasteiger charge is 2.20. The van der Waals surface area contributed by atoms with Crippen LogP contribution in [0.25, 0.3) is 0 Å². The van der Waals surface area contributed by atoms with Crippen LogP contribution in [0.5, 0.6) is 0 Å². The van der Waals surface area contributed by atoms with Crippen molar-refractivity contribution in [1.82, 2.24) is 5.32 Å². The maximum Gasteiger partial charge on any atom is 0.305 e. The number of rotatable bonds is 63. The first kappa shape index (κ1) is 70.9. The van der Waals surface area contributed by atoms with E-state index in [4.69, 9.17) is 4.74 Å². The summed E-state index contributed by atoms with van der Waals surface area (Å²) in [5, 5.41) is 23.1. The minimum atomic E-state index is -0.658. The van der Waals surface area contributed by atoms with E-state index in [1.54, 1.807) is 0 Å². The van der Waals surface area contributed by atoms with Gasteiger partial charge in [0.2, 0.25) is 5.91 Å². The van der Waals surface area contributed by atoms with E-state index in [1.807, 2.05) is 0 Å². The molecule has 0 saturated carbocycles. The summed E-state index contributed by atoms with van der Waals surface area (Å²) in [7, 11) is 0. The summed E-state index contributed by atoms with van der Waals surface area (Å²) in [6, 6.07) is -0.535. The molecule has 0 aliphatic carbocycles. The second-order valence-electron chi connectivity index (χ2n) is 23.2. The van der Waals surface area contributed by atoms with Crippen LogP contribution in [0.1, 0.15) is 386 Å². The molecule has 0 fully saturated rings. The molecule has 0 heterocycles. The summed E-state index contributed by atoms with van der Waals surface area (Å²) in [4.78, 5) is 24.5. The molecule has 2 unspecified atom stereocenters. The van der Waals surface area contributed by atoms with Crippen LogP contribution in [0.3, 0.4) is 0 Å². The summed E-state index contributed by atoms with van der Waals surface area (Å²) in [5.74, 6) is -0.00727. The van der Waals surface area contributed by atoms with Crippen LogP contribution in [0.2, 0.25) is 0 Å². The van der Waals surface area contributed by atoms with Gasteiger partial charge in [-0.3, -0.25) is 9.59 Å². The molecule has 0 rings (SSSR count). The number of unbranched alkanes of at least 4 members (excludes halogenated alkanes) is 52. The smallest absolute Gasteiger partial charge is 0.305 e. The van der Waals surface area contributed by atoms with Crippen molar-refractivity contribution in [3.05, 3.63) is 0 Å². The molecule has 0 aliphatic rings. The number of hydrogen-bond donors (Lipinski definition) is 3. The van der Waals surface area contributed by atoms with Gasteiger partial charge in [0.05, 0.1) is 25.4 Å². The molecule has 0 aromatic rings. The average molecular weight is 1020 g/mol. The Labute approximate surface area is 451 Å². The highest BCUT2D eigenvalue weighted by Crippen LogP contribution is 2.19. The largest absolute Gasteiger partial charge is 0.466 e. The van der Waals surface area contributed by atoms with Gasteiger partial charge in [-0.25, -0.2) is 0 Å². The van der Waals surface area contributed by atoms with Gasteiger partial charge in [0.15, 0.2) is 0 Å². The Morgan fingerprint density at radius 3 is 0.847 bits per heavy atom. The number of amides is 1. The molecule has 0 aromatic carbocycles. The predicted octanol–water partition coefficient (Wildman–Crippen LogP) is 21.0. The number of hydrogen-bond acceptors (Lipinski definition) is 5. The number of carbonyl (C=O) groups excluding carboxylic acids is 2. The molecule has 6 nitrogen and oxygen atoms in total. The van der Waals surface area contributed by atoms with Crippen molar-refractivity contribution in [2.24, 2.45) is 0 Å². The summed E-state index contributed by atoms with van der Waals surface area (Å²) in [6.07, 6.45) is 74.4. The Bertz CT molecular complexity index is 1040. The normalized spacial score (nSPS) is 12.4. The van der Waals surface area contributed by atoms with E-state index in [1.165, 1.54) is 315 Å². The minimum absolute atomic E-state index is 0.0243. The van der Waals surface area contributed by atoms with Crippen LogP contribution in [0, 0.1) is 0 Å². The number of carbonyl (C=O) groups is 2. The number of esters is 1. The molecule has 1 amide bonds. The van der Waals surface area contributed by atoms with Crippen LogP contribution in [0.4, 0.5) is 0 Å². The maximum absolute atomic E-state index is 12.4. The zero-order valence-electron chi connectivity index (χ0n) is 49.2. The molecule has 3 N–H and O–H groups in total. The van der Waals surface area contributed by atoms with E-state index in [-0.39, 0.29) is 18.5 Å². The molecule has 2 atom stereocenters. The lowest BCUT2D eigenvalue weighted by molar-refractivity contribution is -0.143.